The Morgan fingerprint density at radius 2 is 1.67 bits per heavy atom. The fourth-order valence-corrected chi connectivity index (χ4v) is 1.79. The summed E-state index contributed by atoms with van der Waals surface area (Å²) in [6.07, 6.45) is 3.61. The van der Waals surface area contributed by atoms with E-state index in [9.17, 15) is 0 Å². The molecule has 1 aromatic carbocycles. The first-order valence-electron chi connectivity index (χ1n) is 6.21. The van der Waals surface area contributed by atoms with Crippen LogP contribution in [0, 0.1) is 0 Å². The first-order valence-corrected chi connectivity index (χ1v) is 6.21. The van der Waals surface area contributed by atoms with Crippen molar-refractivity contribution in [3.8, 4) is 0 Å². The summed E-state index contributed by atoms with van der Waals surface area (Å²) in [4.78, 5) is 0. The Hall–Kier alpha value is -0.820. The lowest BCUT2D eigenvalue weighted by molar-refractivity contribution is 0.570. The highest BCUT2D eigenvalue weighted by atomic mass is 14.6. The van der Waals surface area contributed by atoms with Gasteiger partial charge in [0.1, 0.15) is 0 Å². The van der Waals surface area contributed by atoms with E-state index < -0.39 is 0 Å². The van der Waals surface area contributed by atoms with Gasteiger partial charge in [-0.2, -0.15) is 0 Å². The van der Waals surface area contributed by atoms with E-state index in [4.69, 9.17) is 5.73 Å². The highest BCUT2D eigenvalue weighted by Crippen LogP contribution is 2.26. The monoisotopic (exact) mass is 207 g/mol. The molecule has 1 nitrogen and oxygen atoms in total. The summed E-state index contributed by atoms with van der Waals surface area (Å²) in [5.74, 6) is 0. The first kappa shape index (κ1) is 14.2. The molecular formula is C14H25N. The minimum absolute atomic E-state index is 0.292. The lowest BCUT2D eigenvalue weighted by Gasteiger charge is -2.21. The van der Waals surface area contributed by atoms with E-state index >= 15 is 0 Å². The van der Waals surface area contributed by atoms with Crippen LogP contribution in [0.4, 0.5) is 0 Å². The van der Waals surface area contributed by atoms with Crippen LogP contribution in [0.3, 0.4) is 0 Å². The number of fused-ring (bicyclic) bond motifs is 1. The molecule has 2 N–H and O–H groups in total. The molecule has 0 bridgehead atoms. The maximum Gasteiger partial charge on any atom is 0.0297 e. The van der Waals surface area contributed by atoms with Crippen LogP contribution in [0.5, 0.6) is 0 Å². The molecule has 0 heterocycles. The van der Waals surface area contributed by atoms with Crippen molar-refractivity contribution >= 4 is 0 Å². The SMILES string of the molecule is CC.CC.N[C@@H]1CCCc2ccccc21. The topological polar surface area (TPSA) is 26.0 Å². The van der Waals surface area contributed by atoms with Crippen molar-refractivity contribution in [2.45, 2.75) is 53.0 Å². The van der Waals surface area contributed by atoms with E-state index in [0.717, 1.165) is 6.42 Å². The average Bonchev–Trinajstić information content (AvgIpc) is 2.35. The van der Waals surface area contributed by atoms with Crippen LogP contribution in [-0.4, -0.2) is 0 Å². The number of aryl methyl sites for hydroxylation is 1. The summed E-state index contributed by atoms with van der Waals surface area (Å²) in [5, 5.41) is 0. The van der Waals surface area contributed by atoms with E-state index in [1.54, 1.807) is 0 Å². The Bertz CT molecular complexity index is 255. The predicted molar refractivity (Wildman–Crippen MR) is 69.0 cm³/mol. The van der Waals surface area contributed by atoms with Gasteiger partial charge in [-0.3, -0.25) is 0 Å². The summed E-state index contributed by atoms with van der Waals surface area (Å²) in [6, 6.07) is 8.80. The molecular weight excluding hydrogens is 182 g/mol. The average molecular weight is 207 g/mol. The zero-order valence-electron chi connectivity index (χ0n) is 10.6. The van der Waals surface area contributed by atoms with Crippen molar-refractivity contribution in [2.75, 3.05) is 0 Å². The van der Waals surface area contributed by atoms with Gasteiger partial charge in [-0.15, -0.1) is 0 Å². The maximum absolute atomic E-state index is 5.95. The van der Waals surface area contributed by atoms with Crippen LogP contribution in [0.15, 0.2) is 24.3 Å². The quantitative estimate of drug-likeness (QED) is 0.681. The molecule has 2 rings (SSSR count). The van der Waals surface area contributed by atoms with Gasteiger partial charge in [0.2, 0.25) is 0 Å². The number of hydrogen-bond acceptors (Lipinski definition) is 1. The van der Waals surface area contributed by atoms with E-state index in [-0.39, 0.29) is 0 Å². The molecule has 0 aromatic heterocycles. The van der Waals surface area contributed by atoms with Gasteiger partial charge in [-0.25, -0.2) is 0 Å². The van der Waals surface area contributed by atoms with Crippen molar-refractivity contribution in [3.05, 3.63) is 35.4 Å². The minimum atomic E-state index is 0.292. The van der Waals surface area contributed by atoms with E-state index in [2.05, 4.69) is 24.3 Å². The highest BCUT2D eigenvalue weighted by molar-refractivity contribution is 5.31. The fraction of sp³-hybridized carbons (Fsp3) is 0.571. The van der Waals surface area contributed by atoms with Crippen LogP contribution in [-0.2, 0) is 6.42 Å². The minimum Gasteiger partial charge on any atom is -0.324 e. The van der Waals surface area contributed by atoms with E-state index in [0.29, 0.717) is 6.04 Å². The zero-order valence-corrected chi connectivity index (χ0v) is 10.6. The molecule has 1 atom stereocenters. The highest BCUT2D eigenvalue weighted by Gasteiger charge is 2.14. The summed E-state index contributed by atoms with van der Waals surface area (Å²) >= 11 is 0. The molecule has 0 radical (unpaired) electrons. The Morgan fingerprint density at radius 1 is 1.07 bits per heavy atom. The molecule has 0 aliphatic heterocycles. The first-order chi connectivity index (χ1) is 7.38. The molecule has 1 aromatic rings. The summed E-state index contributed by atoms with van der Waals surface area (Å²) < 4.78 is 0. The molecule has 0 saturated carbocycles. The van der Waals surface area contributed by atoms with Crippen molar-refractivity contribution in [1.82, 2.24) is 0 Å². The number of rotatable bonds is 0. The standard InChI is InChI=1S/C10H13N.2C2H6/c11-10-7-3-5-8-4-1-2-6-9(8)10;2*1-2/h1-2,4,6,10H,3,5,7,11H2;2*1-2H3/t10-;;/m1../s1. The van der Waals surface area contributed by atoms with Crippen LogP contribution < -0.4 is 5.73 Å². The van der Waals surface area contributed by atoms with Crippen LogP contribution in [0.2, 0.25) is 0 Å². The van der Waals surface area contributed by atoms with Gasteiger partial charge in [0.15, 0.2) is 0 Å². The van der Waals surface area contributed by atoms with Crippen molar-refractivity contribution in [1.29, 1.82) is 0 Å². The number of benzene rings is 1. The Labute approximate surface area is 94.7 Å². The van der Waals surface area contributed by atoms with Gasteiger partial charge < -0.3 is 5.73 Å². The lowest BCUT2D eigenvalue weighted by atomic mass is 9.88. The van der Waals surface area contributed by atoms with E-state index in [1.165, 1.54) is 24.0 Å². The van der Waals surface area contributed by atoms with Crippen LogP contribution in [0.25, 0.3) is 0 Å². The van der Waals surface area contributed by atoms with Gasteiger partial charge in [0.05, 0.1) is 0 Å². The number of nitrogens with two attached hydrogens (primary N) is 1. The molecule has 0 fully saturated rings. The van der Waals surface area contributed by atoms with Crippen LogP contribution >= 0.6 is 0 Å². The normalized spacial score (nSPS) is 17.5. The van der Waals surface area contributed by atoms with Crippen molar-refractivity contribution in [3.63, 3.8) is 0 Å². The molecule has 86 valence electrons. The largest absolute Gasteiger partial charge is 0.324 e. The van der Waals surface area contributed by atoms with Gasteiger partial charge in [0, 0.05) is 6.04 Å². The molecule has 1 aliphatic rings. The third kappa shape index (κ3) is 4.05. The third-order valence-electron chi connectivity index (χ3n) is 2.42. The van der Waals surface area contributed by atoms with E-state index in [1.807, 2.05) is 27.7 Å². The molecule has 1 aliphatic carbocycles. The molecule has 0 saturated heterocycles. The second-order valence-corrected chi connectivity index (χ2v) is 3.20. The third-order valence-corrected chi connectivity index (χ3v) is 2.42. The van der Waals surface area contributed by atoms with Crippen LogP contribution in [0.1, 0.15) is 57.7 Å². The molecule has 0 amide bonds. The van der Waals surface area contributed by atoms with Gasteiger partial charge >= 0.3 is 0 Å². The van der Waals surface area contributed by atoms with Crippen molar-refractivity contribution < 1.29 is 0 Å². The zero-order chi connectivity index (χ0) is 11.7. The Balaban J connectivity index is 0.000000442. The van der Waals surface area contributed by atoms with Gasteiger partial charge in [0.25, 0.3) is 0 Å². The Morgan fingerprint density at radius 3 is 2.27 bits per heavy atom. The van der Waals surface area contributed by atoms with Gasteiger partial charge in [-0.1, -0.05) is 52.0 Å². The predicted octanol–water partition coefficient (Wildman–Crippen LogP) is 4.08. The summed E-state index contributed by atoms with van der Waals surface area (Å²) in [6.45, 7) is 8.00. The van der Waals surface area contributed by atoms with Gasteiger partial charge in [-0.05, 0) is 30.4 Å². The molecule has 0 unspecified atom stereocenters. The smallest absolute Gasteiger partial charge is 0.0297 e. The Kier molecular flexibility index (Phi) is 8.02. The molecule has 15 heavy (non-hydrogen) atoms. The molecule has 1 heteroatoms. The number of hydrogen-bond donors (Lipinski definition) is 1. The maximum atomic E-state index is 5.95. The summed E-state index contributed by atoms with van der Waals surface area (Å²) in [5.41, 5.74) is 8.76. The second kappa shape index (κ2) is 8.49. The summed E-state index contributed by atoms with van der Waals surface area (Å²) in [7, 11) is 0. The lowest BCUT2D eigenvalue weighted by Crippen LogP contribution is -2.16. The molecule has 0 spiro atoms. The fourth-order valence-electron chi connectivity index (χ4n) is 1.79. The van der Waals surface area contributed by atoms with Crippen molar-refractivity contribution in [2.24, 2.45) is 5.73 Å². The second-order valence-electron chi connectivity index (χ2n) is 3.20.